The molecule has 2 aromatic heterocycles. The predicted octanol–water partition coefficient (Wildman–Crippen LogP) is 3.71. The number of furan rings is 1. The summed E-state index contributed by atoms with van der Waals surface area (Å²) in [4.78, 5) is 55.1. The molecular weight excluding hydrogens is 616 g/mol. The fourth-order valence-electron chi connectivity index (χ4n) is 4.88. The highest BCUT2D eigenvalue weighted by molar-refractivity contribution is 7.07. The average Bonchev–Trinajstić information content (AvgIpc) is 3.63. The molecule has 1 aliphatic rings. The van der Waals surface area contributed by atoms with Gasteiger partial charge in [0.1, 0.15) is 11.5 Å². The summed E-state index contributed by atoms with van der Waals surface area (Å²) in [6, 6.07) is 13.7. The van der Waals surface area contributed by atoms with E-state index in [1.165, 1.54) is 23.8 Å². The standard InChI is InChI=1S/C33H30N2O10S/c1-5-42-25-15-21(11-13-24(25)44-17-27(36)41-4)29-28(32(40)43-6-2)18(3)34-33-35(29)30(37)26(46-33)16-22-12-14-23(45-22)19-7-9-20(10-8-19)31(38)39/h7-16,29H,5-6,17H2,1-4H3,(H,38,39)/b26-16-/t29-/m0/s1. The summed E-state index contributed by atoms with van der Waals surface area (Å²) in [6.07, 6.45) is 1.59. The van der Waals surface area contributed by atoms with E-state index in [1.807, 2.05) is 0 Å². The highest BCUT2D eigenvalue weighted by Gasteiger charge is 2.34. The van der Waals surface area contributed by atoms with Crippen molar-refractivity contribution in [2.75, 3.05) is 26.9 Å². The lowest BCUT2D eigenvalue weighted by Crippen LogP contribution is -2.40. The minimum atomic E-state index is -1.03. The fraction of sp³-hybridized carbons (Fsp3) is 0.242. The molecule has 12 nitrogen and oxygen atoms in total. The van der Waals surface area contributed by atoms with Gasteiger partial charge in [-0.2, -0.15) is 0 Å². The molecule has 0 radical (unpaired) electrons. The molecule has 5 rings (SSSR count). The Balaban J connectivity index is 1.59. The number of carbonyl (C=O) groups is 3. The van der Waals surface area contributed by atoms with Crippen molar-refractivity contribution < 1.29 is 42.9 Å². The summed E-state index contributed by atoms with van der Waals surface area (Å²) < 4.78 is 29.1. The van der Waals surface area contributed by atoms with Gasteiger partial charge in [0, 0.05) is 11.6 Å². The van der Waals surface area contributed by atoms with E-state index in [0.29, 0.717) is 43.4 Å². The molecule has 4 aromatic rings. The quantitative estimate of drug-likeness (QED) is 0.238. The number of carbonyl (C=O) groups excluding carboxylic acids is 2. The Labute approximate surface area is 266 Å². The van der Waals surface area contributed by atoms with Crippen LogP contribution in [0, 0.1) is 0 Å². The van der Waals surface area contributed by atoms with Gasteiger partial charge in [-0.1, -0.05) is 29.5 Å². The van der Waals surface area contributed by atoms with E-state index in [4.69, 9.17) is 23.7 Å². The van der Waals surface area contributed by atoms with Gasteiger partial charge in [-0.25, -0.2) is 19.4 Å². The van der Waals surface area contributed by atoms with E-state index in [9.17, 15) is 19.2 Å². The first-order valence-corrected chi connectivity index (χ1v) is 15.1. The summed E-state index contributed by atoms with van der Waals surface area (Å²) in [5, 5.41) is 9.17. The Kier molecular flexibility index (Phi) is 9.52. The number of ether oxygens (including phenoxy) is 4. The lowest BCUT2D eigenvalue weighted by Gasteiger charge is -2.25. The van der Waals surface area contributed by atoms with Gasteiger partial charge >= 0.3 is 17.9 Å². The molecule has 0 amide bonds. The van der Waals surface area contributed by atoms with E-state index in [2.05, 4.69) is 9.73 Å². The zero-order chi connectivity index (χ0) is 33.0. The Hall–Kier alpha value is -5.43. The molecule has 0 aliphatic carbocycles. The molecule has 46 heavy (non-hydrogen) atoms. The van der Waals surface area contributed by atoms with Gasteiger partial charge in [0.25, 0.3) is 5.56 Å². The van der Waals surface area contributed by atoms with Gasteiger partial charge in [-0.15, -0.1) is 0 Å². The molecule has 1 atom stereocenters. The van der Waals surface area contributed by atoms with Crippen LogP contribution >= 0.6 is 11.3 Å². The van der Waals surface area contributed by atoms with Crippen molar-refractivity contribution in [2.24, 2.45) is 4.99 Å². The highest BCUT2D eigenvalue weighted by Crippen LogP contribution is 2.36. The van der Waals surface area contributed by atoms with E-state index < -0.39 is 29.5 Å². The third-order valence-corrected chi connectivity index (χ3v) is 7.97. The summed E-state index contributed by atoms with van der Waals surface area (Å²) in [6.45, 7) is 5.24. The molecule has 2 aromatic carbocycles. The zero-order valence-corrected chi connectivity index (χ0v) is 26.2. The van der Waals surface area contributed by atoms with Crippen molar-refractivity contribution in [1.29, 1.82) is 0 Å². The molecule has 3 heterocycles. The van der Waals surface area contributed by atoms with Crippen molar-refractivity contribution in [3.8, 4) is 22.8 Å². The average molecular weight is 647 g/mol. The molecule has 238 valence electrons. The fourth-order valence-corrected chi connectivity index (χ4v) is 5.90. The Bertz CT molecular complexity index is 2020. The van der Waals surface area contributed by atoms with Crippen LogP contribution in [0.15, 0.2) is 80.1 Å². The maximum atomic E-state index is 14.0. The van der Waals surface area contributed by atoms with Gasteiger partial charge in [-0.3, -0.25) is 9.36 Å². The maximum Gasteiger partial charge on any atom is 0.343 e. The molecule has 0 spiro atoms. The summed E-state index contributed by atoms with van der Waals surface area (Å²) in [5.74, 6) is -0.730. The molecule has 1 N–H and O–H groups in total. The molecule has 0 bridgehead atoms. The van der Waals surface area contributed by atoms with Crippen molar-refractivity contribution >= 4 is 35.3 Å². The molecule has 13 heteroatoms. The number of hydrogen-bond acceptors (Lipinski definition) is 11. The molecule has 0 unspecified atom stereocenters. The minimum absolute atomic E-state index is 0.122. The number of carboxylic acids is 1. The van der Waals surface area contributed by atoms with E-state index >= 15 is 0 Å². The first-order chi connectivity index (χ1) is 22.1. The number of allylic oxidation sites excluding steroid dienone is 1. The summed E-state index contributed by atoms with van der Waals surface area (Å²) in [5.41, 5.74) is 1.53. The van der Waals surface area contributed by atoms with Crippen LogP contribution in [-0.4, -0.2) is 54.5 Å². The van der Waals surface area contributed by atoms with Crippen LogP contribution in [0.5, 0.6) is 11.5 Å². The van der Waals surface area contributed by atoms with E-state index in [1.54, 1.807) is 69.3 Å². The van der Waals surface area contributed by atoms with Gasteiger partial charge in [0.05, 0.1) is 47.7 Å². The first-order valence-electron chi connectivity index (χ1n) is 14.2. The number of benzene rings is 2. The summed E-state index contributed by atoms with van der Waals surface area (Å²) in [7, 11) is 1.26. The van der Waals surface area contributed by atoms with Crippen molar-refractivity contribution in [3.05, 3.63) is 102 Å². The van der Waals surface area contributed by atoms with Crippen molar-refractivity contribution in [1.82, 2.24) is 4.57 Å². The predicted molar refractivity (Wildman–Crippen MR) is 167 cm³/mol. The Morgan fingerprint density at radius 3 is 2.46 bits per heavy atom. The monoisotopic (exact) mass is 646 g/mol. The van der Waals surface area contributed by atoms with Crippen LogP contribution in [0.25, 0.3) is 17.4 Å². The Morgan fingerprint density at radius 1 is 1.02 bits per heavy atom. The SMILES string of the molecule is CCOC(=O)C1=C(C)N=c2s/c(=C\c3ccc(-c4ccc(C(=O)O)cc4)o3)c(=O)n2[C@H]1c1ccc(OCC(=O)OC)c(OCC)c1. The number of rotatable bonds is 11. The molecular formula is C33H30N2O10S. The molecule has 0 fully saturated rings. The largest absolute Gasteiger partial charge is 0.490 e. The number of carboxylic acid groups (broad SMARTS) is 1. The second-order valence-corrected chi connectivity index (χ2v) is 10.9. The number of nitrogens with zero attached hydrogens (tertiary/aromatic N) is 2. The van der Waals surface area contributed by atoms with Crippen LogP contribution in [-0.2, 0) is 19.1 Å². The third-order valence-electron chi connectivity index (χ3n) is 6.99. The van der Waals surface area contributed by atoms with Crippen LogP contribution in [0.4, 0.5) is 0 Å². The number of esters is 2. The molecule has 0 saturated heterocycles. The number of aromatic carboxylic acids is 1. The van der Waals surface area contributed by atoms with Crippen LogP contribution in [0.3, 0.4) is 0 Å². The normalized spacial score (nSPS) is 14.3. The van der Waals surface area contributed by atoms with Crippen molar-refractivity contribution in [3.63, 3.8) is 0 Å². The number of fused-ring (bicyclic) bond motifs is 1. The third kappa shape index (κ3) is 6.49. The minimum Gasteiger partial charge on any atom is -0.490 e. The topological polar surface area (TPSA) is 156 Å². The zero-order valence-electron chi connectivity index (χ0n) is 25.4. The smallest absolute Gasteiger partial charge is 0.343 e. The first kappa shape index (κ1) is 32.0. The summed E-state index contributed by atoms with van der Waals surface area (Å²) >= 11 is 1.14. The second kappa shape index (κ2) is 13.7. The number of thiazole rings is 1. The van der Waals surface area contributed by atoms with Crippen LogP contribution in [0.2, 0.25) is 0 Å². The van der Waals surface area contributed by atoms with Gasteiger partial charge in [0.2, 0.25) is 0 Å². The van der Waals surface area contributed by atoms with Gasteiger partial charge < -0.3 is 28.5 Å². The van der Waals surface area contributed by atoms with Gasteiger partial charge in [-0.05, 0) is 62.7 Å². The van der Waals surface area contributed by atoms with Gasteiger partial charge in [0.15, 0.2) is 22.9 Å². The number of aromatic nitrogens is 1. The van der Waals surface area contributed by atoms with Crippen molar-refractivity contribution in [2.45, 2.75) is 26.8 Å². The lowest BCUT2D eigenvalue weighted by molar-refractivity contribution is -0.143. The molecule has 0 saturated carbocycles. The second-order valence-electron chi connectivity index (χ2n) is 9.89. The maximum absolute atomic E-state index is 14.0. The lowest BCUT2D eigenvalue weighted by atomic mass is 9.95. The molecule has 1 aliphatic heterocycles. The highest BCUT2D eigenvalue weighted by atomic mass is 32.1. The number of hydrogen-bond donors (Lipinski definition) is 1. The van der Waals surface area contributed by atoms with Crippen LogP contribution in [0.1, 0.15) is 48.5 Å². The Morgan fingerprint density at radius 2 is 1.78 bits per heavy atom. The van der Waals surface area contributed by atoms with Crippen LogP contribution < -0.4 is 24.4 Å². The number of methoxy groups -OCH3 is 1. The van der Waals surface area contributed by atoms with E-state index in [-0.39, 0.29) is 36.7 Å². The van der Waals surface area contributed by atoms with E-state index in [0.717, 1.165) is 11.3 Å².